The van der Waals surface area contributed by atoms with E-state index in [2.05, 4.69) is 182 Å². The molecule has 230 valence electrons. The minimum absolute atomic E-state index is 1.23. The number of hydrogen-bond donors (Lipinski definition) is 0. The van der Waals surface area contributed by atoms with Crippen LogP contribution in [-0.4, -0.2) is 0 Å². The molecule has 0 spiro atoms. The first-order chi connectivity index (χ1) is 24.8. The van der Waals surface area contributed by atoms with Crippen LogP contribution in [0.2, 0.25) is 0 Å². The van der Waals surface area contributed by atoms with E-state index in [0.29, 0.717) is 0 Å². The Hall–Kier alpha value is -6.50. The predicted molar refractivity (Wildman–Crippen MR) is 216 cm³/mol. The topological polar surface area (TPSA) is 0 Å². The summed E-state index contributed by atoms with van der Waals surface area (Å²) >= 11 is 0. The second-order valence-corrected chi connectivity index (χ2v) is 13.6. The van der Waals surface area contributed by atoms with Gasteiger partial charge in [0.2, 0.25) is 0 Å². The molecule has 0 N–H and O–H groups in total. The van der Waals surface area contributed by atoms with Gasteiger partial charge < -0.3 is 0 Å². The van der Waals surface area contributed by atoms with E-state index in [1.54, 1.807) is 0 Å². The number of rotatable bonds is 3. The third-order valence-electron chi connectivity index (χ3n) is 11.0. The van der Waals surface area contributed by atoms with Gasteiger partial charge in [-0.05, 0) is 109 Å². The number of hydrogen-bond acceptors (Lipinski definition) is 0. The smallest absolute Gasteiger partial charge is 0.00141 e. The monoisotopic (exact) mass is 630 g/mol. The molecule has 0 aliphatic heterocycles. The molecule has 11 aromatic rings. The van der Waals surface area contributed by atoms with Gasteiger partial charge in [0, 0.05) is 0 Å². The van der Waals surface area contributed by atoms with Crippen molar-refractivity contribution in [1.82, 2.24) is 0 Å². The zero-order valence-electron chi connectivity index (χ0n) is 27.3. The van der Waals surface area contributed by atoms with Gasteiger partial charge in [0.25, 0.3) is 0 Å². The Morgan fingerprint density at radius 2 is 0.700 bits per heavy atom. The van der Waals surface area contributed by atoms with Crippen molar-refractivity contribution in [2.24, 2.45) is 0 Å². The van der Waals surface area contributed by atoms with Gasteiger partial charge in [-0.15, -0.1) is 0 Å². The highest BCUT2D eigenvalue weighted by molar-refractivity contribution is 6.32. The summed E-state index contributed by atoms with van der Waals surface area (Å²) in [5, 5.41) is 18.1. The lowest BCUT2D eigenvalue weighted by molar-refractivity contribution is 1.64. The third-order valence-corrected chi connectivity index (χ3v) is 11.0. The van der Waals surface area contributed by atoms with Gasteiger partial charge in [0.15, 0.2) is 0 Å². The molecule has 0 unspecified atom stereocenters. The van der Waals surface area contributed by atoms with Crippen molar-refractivity contribution in [3.63, 3.8) is 0 Å². The van der Waals surface area contributed by atoms with Crippen LogP contribution in [0.3, 0.4) is 0 Å². The standard InChI is InChI=1S/C50H30/c1-3-14-38-31(9-1)11-8-18-39(38)33-19-21-36(22-20-33)48-41-16-5-6-17-42(41)49(45-30-25-32-10-2-4-15-40(32)50(45)48)44-29-27-37-24-23-34-12-7-13-35-26-28-43(44)47(37)46(34)35/h1-30H. The second-order valence-electron chi connectivity index (χ2n) is 13.6. The molecule has 0 radical (unpaired) electrons. The van der Waals surface area contributed by atoms with Crippen molar-refractivity contribution in [3.05, 3.63) is 182 Å². The maximum absolute atomic E-state index is 2.37. The summed E-state index contributed by atoms with van der Waals surface area (Å²) in [5.74, 6) is 0. The Labute approximate surface area is 289 Å². The summed E-state index contributed by atoms with van der Waals surface area (Å²) in [5.41, 5.74) is 7.60. The van der Waals surface area contributed by atoms with Crippen LogP contribution in [0, 0.1) is 0 Å². The number of fused-ring (bicyclic) bond motifs is 5. The summed E-state index contributed by atoms with van der Waals surface area (Å²) in [6.07, 6.45) is 0. The molecule has 0 atom stereocenters. The van der Waals surface area contributed by atoms with Crippen molar-refractivity contribution < 1.29 is 0 Å². The first-order valence-corrected chi connectivity index (χ1v) is 17.4. The SMILES string of the molecule is c1ccc2c(-c3ccc(-c4c5ccccc5c(-c5ccc6ccc7cccc8ccc5c6c78)c5ccc6ccccc6c45)cc3)cccc2c1. The molecule has 0 aliphatic rings. The van der Waals surface area contributed by atoms with Crippen LogP contribution in [0.25, 0.3) is 109 Å². The summed E-state index contributed by atoms with van der Waals surface area (Å²) in [7, 11) is 0. The quantitative estimate of drug-likeness (QED) is 0.135. The highest BCUT2D eigenvalue weighted by Crippen LogP contribution is 2.49. The van der Waals surface area contributed by atoms with Gasteiger partial charge in [-0.25, -0.2) is 0 Å². The minimum atomic E-state index is 1.23. The molecule has 0 nitrogen and oxygen atoms in total. The fourth-order valence-corrected chi connectivity index (χ4v) is 8.79. The average molecular weight is 631 g/mol. The van der Waals surface area contributed by atoms with Crippen LogP contribution in [0.1, 0.15) is 0 Å². The molecule has 0 bridgehead atoms. The van der Waals surface area contributed by atoms with Crippen LogP contribution in [0.4, 0.5) is 0 Å². The van der Waals surface area contributed by atoms with Gasteiger partial charge >= 0.3 is 0 Å². The number of benzene rings is 11. The van der Waals surface area contributed by atoms with Crippen molar-refractivity contribution in [2.75, 3.05) is 0 Å². The Morgan fingerprint density at radius 1 is 0.200 bits per heavy atom. The first-order valence-electron chi connectivity index (χ1n) is 17.4. The maximum atomic E-state index is 2.37. The largest absolute Gasteiger partial charge is 0.0616 e. The summed E-state index contributed by atoms with van der Waals surface area (Å²) < 4.78 is 0. The lowest BCUT2D eigenvalue weighted by atomic mass is 9.82. The van der Waals surface area contributed by atoms with Gasteiger partial charge in [-0.1, -0.05) is 182 Å². The molecule has 0 heteroatoms. The van der Waals surface area contributed by atoms with E-state index >= 15 is 0 Å². The summed E-state index contributed by atoms with van der Waals surface area (Å²) in [6.45, 7) is 0. The molecule has 0 aromatic heterocycles. The van der Waals surface area contributed by atoms with Crippen LogP contribution < -0.4 is 0 Å². The summed E-state index contributed by atoms with van der Waals surface area (Å²) in [6, 6.07) is 67.6. The van der Waals surface area contributed by atoms with Crippen molar-refractivity contribution in [1.29, 1.82) is 0 Å². The predicted octanol–water partition coefficient (Wildman–Crippen LogP) is 14.2. The van der Waals surface area contributed by atoms with Gasteiger partial charge in [-0.2, -0.15) is 0 Å². The Morgan fingerprint density at radius 3 is 1.48 bits per heavy atom. The van der Waals surface area contributed by atoms with E-state index in [9.17, 15) is 0 Å². The van der Waals surface area contributed by atoms with Gasteiger partial charge in [-0.3, -0.25) is 0 Å². The average Bonchev–Trinajstić information content (AvgIpc) is 3.19. The molecule has 0 heterocycles. The molecule has 0 saturated heterocycles. The van der Waals surface area contributed by atoms with Gasteiger partial charge in [0.1, 0.15) is 0 Å². The maximum Gasteiger partial charge on any atom is -0.00141 e. The van der Waals surface area contributed by atoms with Crippen molar-refractivity contribution in [3.8, 4) is 33.4 Å². The molecule has 0 amide bonds. The Balaban J connectivity index is 1.24. The van der Waals surface area contributed by atoms with Gasteiger partial charge in [0.05, 0.1) is 0 Å². The van der Waals surface area contributed by atoms with E-state index in [1.807, 2.05) is 0 Å². The molecular weight excluding hydrogens is 601 g/mol. The van der Waals surface area contributed by atoms with Crippen LogP contribution in [0.5, 0.6) is 0 Å². The highest BCUT2D eigenvalue weighted by atomic mass is 14.2. The lowest BCUT2D eigenvalue weighted by Gasteiger charge is -2.21. The second kappa shape index (κ2) is 10.5. The van der Waals surface area contributed by atoms with Crippen LogP contribution in [-0.2, 0) is 0 Å². The molecule has 50 heavy (non-hydrogen) atoms. The third kappa shape index (κ3) is 3.88. The molecule has 11 aromatic carbocycles. The molecule has 0 aliphatic carbocycles. The molecule has 0 saturated carbocycles. The van der Waals surface area contributed by atoms with E-state index in [1.165, 1.54) is 109 Å². The zero-order valence-corrected chi connectivity index (χ0v) is 27.3. The highest BCUT2D eigenvalue weighted by Gasteiger charge is 2.21. The van der Waals surface area contributed by atoms with E-state index in [4.69, 9.17) is 0 Å². The Kier molecular flexibility index (Phi) is 5.76. The fraction of sp³-hybridized carbons (Fsp3) is 0. The zero-order chi connectivity index (χ0) is 32.8. The summed E-state index contributed by atoms with van der Waals surface area (Å²) in [4.78, 5) is 0. The van der Waals surface area contributed by atoms with Crippen molar-refractivity contribution in [2.45, 2.75) is 0 Å². The van der Waals surface area contributed by atoms with Crippen molar-refractivity contribution >= 4 is 75.4 Å². The molecule has 11 rings (SSSR count). The minimum Gasteiger partial charge on any atom is -0.0616 e. The fourth-order valence-electron chi connectivity index (χ4n) is 8.79. The molecule has 0 fully saturated rings. The van der Waals surface area contributed by atoms with E-state index in [0.717, 1.165) is 0 Å². The first kappa shape index (κ1) is 27.5. The van der Waals surface area contributed by atoms with Crippen LogP contribution in [0.15, 0.2) is 182 Å². The molecular formula is C50H30. The lowest BCUT2D eigenvalue weighted by Crippen LogP contribution is -1.93. The Bertz CT molecular complexity index is 3110. The normalized spacial score (nSPS) is 12.0. The van der Waals surface area contributed by atoms with Crippen LogP contribution >= 0.6 is 0 Å². The van der Waals surface area contributed by atoms with E-state index < -0.39 is 0 Å². The van der Waals surface area contributed by atoms with E-state index in [-0.39, 0.29) is 0 Å².